The molecule has 1 amide bonds. The molecule has 2 aromatic heterocycles. The molecule has 4 aromatic rings. The molecule has 0 saturated carbocycles. The smallest absolute Gasteiger partial charge is 0.250 e. The molecule has 2 unspecified atom stereocenters. The van der Waals surface area contributed by atoms with Gasteiger partial charge in [0, 0.05) is 23.2 Å². The van der Waals surface area contributed by atoms with Gasteiger partial charge in [-0.2, -0.15) is 5.10 Å². The minimum Gasteiger partial charge on any atom is -0.487 e. The van der Waals surface area contributed by atoms with Crippen LogP contribution in [0.1, 0.15) is 29.8 Å². The van der Waals surface area contributed by atoms with Gasteiger partial charge in [-0.05, 0) is 43.7 Å². The molecule has 0 aliphatic rings. The third-order valence-electron chi connectivity index (χ3n) is 5.62. The van der Waals surface area contributed by atoms with Crippen molar-refractivity contribution in [2.45, 2.75) is 32.6 Å². The lowest BCUT2D eigenvalue weighted by Crippen LogP contribution is -2.40. The molecule has 0 fully saturated rings. The van der Waals surface area contributed by atoms with Gasteiger partial charge in [0.1, 0.15) is 29.8 Å². The zero-order chi connectivity index (χ0) is 26.0. The number of hydrogen-bond donors (Lipinski definition) is 3. The van der Waals surface area contributed by atoms with E-state index in [1.807, 2.05) is 6.07 Å². The van der Waals surface area contributed by atoms with E-state index in [1.54, 1.807) is 32.0 Å². The van der Waals surface area contributed by atoms with Crippen LogP contribution in [-0.4, -0.2) is 38.4 Å². The van der Waals surface area contributed by atoms with Crippen LogP contribution >= 0.6 is 11.6 Å². The van der Waals surface area contributed by atoms with Gasteiger partial charge in [-0.1, -0.05) is 23.7 Å². The monoisotopic (exact) mass is 515 g/mol. The maximum atomic E-state index is 14.2. The highest BCUT2D eigenvalue weighted by molar-refractivity contribution is 6.31. The summed E-state index contributed by atoms with van der Waals surface area (Å²) >= 11 is 6.36. The van der Waals surface area contributed by atoms with E-state index in [4.69, 9.17) is 22.1 Å². The predicted octanol–water partition coefficient (Wildman–Crippen LogP) is 3.74. The average molecular weight is 516 g/mol. The summed E-state index contributed by atoms with van der Waals surface area (Å²) in [5.74, 6) is -1.32. The normalized spacial score (nSPS) is 13.0. The Morgan fingerprint density at radius 3 is 2.75 bits per heavy atom. The van der Waals surface area contributed by atoms with Gasteiger partial charge in [0.05, 0.1) is 29.1 Å². The second kappa shape index (κ2) is 10.6. The van der Waals surface area contributed by atoms with Gasteiger partial charge < -0.3 is 20.9 Å². The fraction of sp³-hybridized carbons (Fsp3) is 0.240. The van der Waals surface area contributed by atoms with Crippen molar-refractivity contribution in [3.63, 3.8) is 0 Å². The molecule has 36 heavy (non-hydrogen) atoms. The van der Waals surface area contributed by atoms with Gasteiger partial charge in [-0.15, -0.1) is 0 Å². The van der Waals surface area contributed by atoms with Crippen LogP contribution in [0.3, 0.4) is 0 Å². The molecule has 2 aromatic carbocycles. The standard InChI is InChI=1S/C25H24ClF2N5O3/c1-13-6-21(33-11-16(28)10-30-33)17-4-3-5-23(24(17)31-13)36-12-19-18(7-15(27)8-20(19)26)14(2)32-25(35)22(34)9-29/h3-8,10-11,14,22,34H,9,12,29H2,1-2H3,(H,32,35). The lowest BCUT2D eigenvalue weighted by Gasteiger charge is -2.21. The Bertz CT molecular complexity index is 1430. The number of nitrogens with two attached hydrogens (primary N) is 1. The molecule has 188 valence electrons. The van der Waals surface area contributed by atoms with Crippen molar-refractivity contribution in [1.82, 2.24) is 20.1 Å². The number of ether oxygens (including phenoxy) is 1. The number of carbonyl (C=O) groups is 1. The summed E-state index contributed by atoms with van der Waals surface area (Å²) in [7, 11) is 0. The van der Waals surface area contributed by atoms with E-state index in [2.05, 4.69) is 15.4 Å². The van der Waals surface area contributed by atoms with Crippen LogP contribution in [0.25, 0.3) is 16.6 Å². The molecule has 8 nitrogen and oxygen atoms in total. The van der Waals surface area contributed by atoms with Crippen molar-refractivity contribution < 1.29 is 23.4 Å². The van der Waals surface area contributed by atoms with E-state index in [0.717, 1.165) is 12.3 Å². The number of nitrogens with zero attached hydrogens (tertiary/aromatic N) is 3. The largest absolute Gasteiger partial charge is 0.487 e. The van der Waals surface area contributed by atoms with E-state index in [9.17, 15) is 18.7 Å². The second-order valence-electron chi connectivity index (χ2n) is 8.26. The van der Waals surface area contributed by atoms with Gasteiger partial charge in [-0.3, -0.25) is 4.79 Å². The SMILES string of the molecule is Cc1cc(-n2cc(F)cn2)c2cccc(OCc3c(Cl)cc(F)cc3C(C)NC(=O)C(O)CN)c2n1. The number of rotatable bonds is 8. The first-order valence-corrected chi connectivity index (χ1v) is 11.5. The van der Waals surface area contributed by atoms with Gasteiger partial charge in [0.15, 0.2) is 5.82 Å². The summed E-state index contributed by atoms with van der Waals surface area (Å²) in [5.41, 5.74) is 7.99. The van der Waals surface area contributed by atoms with Crippen molar-refractivity contribution in [3.8, 4) is 11.4 Å². The van der Waals surface area contributed by atoms with Crippen LogP contribution < -0.4 is 15.8 Å². The lowest BCUT2D eigenvalue weighted by molar-refractivity contribution is -0.129. The molecular formula is C25H24ClF2N5O3. The number of aliphatic hydroxyl groups excluding tert-OH is 1. The topological polar surface area (TPSA) is 115 Å². The number of amides is 1. The van der Waals surface area contributed by atoms with Crippen molar-refractivity contribution >= 4 is 28.4 Å². The maximum absolute atomic E-state index is 14.2. The Morgan fingerprint density at radius 2 is 2.06 bits per heavy atom. The number of aliphatic hydroxyl groups is 1. The van der Waals surface area contributed by atoms with Crippen LogP contribution in [0.5, 0.6) is 5.75 Å². The molecular weight excluding hydrogens is 492 g/mol. The van der Waals surface area contributed by atoms with E-state index >= 15 is 0 Å². The summed E-state index contributed by atoms with van der Waals surface area (Å²) in [5, 5.41) is 17.1. The number of pyridine rings is 1. The van der Waals surface area contributed by atoms with Crippen molar-refractivity contribution in [2.75, 3.05) is 6.54 Å². The number of fused-ring (bicyclic) bond motifs is 1. The van der Waals surface area contributed by atoms with Gasteiger partial charge in [-0.25, -0.2) is 18.4 Å². The van der Waals surface area contributed by atoms with Crippen LogP contribution in [0, 0.1) is 18.6 Å². The first-order chi connectivity index (χ1) is 17.2. The first kappa shape index (κ1) is 25.5. The molecule has 0 bridgehead atoms. The highest BCUT2D eigenvalue weighted by Gasteiger charge is 2.21. The fourth-order valence-corrected chi connectivity index (χ4v) is 4.14. The highest BCUT2D eigenvalue weighted by Crippen LogP contribution is 2.32. The number of benzene rings is 2. The van der Waals surface area contributed by atoms with Crippen molar-refractivity contribution in [2.24, 2.45) is 5.73 Å². The maximum Gasteiger partial charge on any atom is 0.250 e. The van der Waals surface area contributed by atoms with Crippen molar-refractivity contribution in [1.29, 1.82) is 0 Å². The molecule has 0 saturated heterocycles. The minimum atomic E-state index is -1.39. The summed E-state index contributed by atoms with van der Waals surface area (Å²) in [6.45, 7) is 3.12. The van der Waals surface area contributed by atoms with Crippen LogP contribution in [0.2, 0.25) is 5.02 Å². The Balaban J connectivity index is 1.68. The molecule has 4 rings (SSSR count). The van der Waals surface area contributed by atoms with E-state index in [0.29, 0.717) is 39.2 Å². The zero-order valence-corrected chi connectivity index (χ0v) is 20.3. The molecule has 2 heterocycles. The predicted molar refractivity (Wildman–Crippen MR) is 131 cm³/mol. The van der Waals surface area contributed by atoms with Gasteiger partial charge in [0.25, 0.3) is 5.91 Å². The Morgan fingerprint density at radius 1 is 1.28 bits per heavy atom. The molecule has 0 aliphatic heterocycles. The quantitative estimate of drug-likeness (QED) is 0.329. The third-order valence-corrected chi connectivity index (χ3v) is 5.96. The van der Waals surface area contributed by atoms with Gasteiger partial charge in [0.2, 0.25) is 0 Å². The van der Waals surface area contributed by atoms with Crippen LogP contribution in [0.4, 0.5) is 8.78 Å². The number of nitrogens with one attached hydrogen (secondary N) is 1. The van der Waals surface area contributed by atoms with Crippen LogP contribution in [0.15, 0.2) is 48.8 Å². The number of carbonyl (C=O) groups excluding carboxylic acids is 1. The Kier molecular flexibility index (Phi) is 7.48. The number of halogens is 3. The van der Waals surface area contributed by atoms with Gasteiger partial charge >= 0.3 is 0 Å². The number of hydrogen-bond acceptors (Lipinski definition) is 6. The summed E-state index contributed by atoms with van der Waals surface area (Å²) in [6, 6.07) is 8.81. The van der Waals surface area contributed by atoms with E-state index < -0.39 is 29.7 Å². The minimum absolute atomic E-state index is 0.0609. The summed E-state index contributed by atoms with van der Waals surface area (Å²) in [4.78, 5) is 16.7. The molecule has 4 N–H and O–H groups in total. The third kappa shape index (κ3) is 5.30. The number of aryl methyl sites for hydroxylation is 1. The lowest BCUT2D eigenvalue weighted by atomic mass is 10.0. The Labute approximate surface area is 210 Å². The first-order valence-electron chi connectivity index (χ1n) is 11.1. The number of aromatic nitrogens is 3. The second-order valence-corrected chi connectivity index (χ2v) is 8.67. The Hall–Kier alpha value is -3.60. The van der Waals surface area contributed by atoms with E-state index in [-0.39, 0.29) is 18.2 Å². The van der Waals surface area contributed by atoms with Crippen LogP contribution in [-0.2, 0) is 11.4 Å². The zero-order valence-electron chi connectivity index (χ0n) is 19.5. The summed E-state index contributed by atoms with van der Waals surface area (Å²) < 4.78 is 35.3. The molecule has 0 radical (unpaired) electrons. The molecule has 0 aliphatic carbocycles. The average Bonchev–Trinajstić information content (AvgIpc) is 3.28. The molecule has 11 heteroatoms. The van der Waals surface area contributed by atoms with E-state index in [1.165, 1.54) is 16.9 Å². The highest BCUT2D eigenvalue weighted by atomic mass is 35.5. The number of para-hydroxylation sites is 1. The fourth-order valence-electron chi connectivity index (χ4n) is 3.87. The molecule has 0 spiro atoms. The summed E-state index contributed by atoms with van der Waals surface area (Å²) in [6.07, 6.45) is 0.995. The van der Waals surface area contributed by atoms with Crippen molar-refractivity contribution in [3.05, 3.63) is 82.3 Å². The molecule has 2 atom stereocenters.